The summed E-state index contributed by atoms with van der Waals surface area (Å²) < 4.78 is 10.5. The topological polar surface area (TPSA) is 77.0 Å². The lowest BCUT2D eigenvalue weighted by molar-refractivity contribution is 0.0635. The number of benzene rings is 1. The first-order chi connectivity index (χ1) is 10.3. The van der Waals surface area contributed by atoms with E-state index >= 15 is 0 Å². The molecule has 0 saturated heterocycles. The molecule has 6 nitrogen and oxygen atoms in total. The molecular formula is C16H20N2O4. The third-order valence-corrected chi connectivity index (χ3v) is 3.36. The van der Waals surface area contributed by atoms with Crippen LogP contribution in [0.25, 0.3) is 0 Å². The van der Waals surface area contributed by atoms with Crippen molar-refractivity contribution < 1.29 is 19.1 Å². The van der Waals surface area contributed by atoms with Crippen LogP contribution < -0.4 is 10.1 Å². The molecule has 1 aromatic rings. The van der Waals surface area contributed by atoms with Crippen LogP contribution in [0.1, 0.15) is 39.2 Å². The fourth-order valence-corrected chi connectivity index (χ4v) is 2.17. The van der Waals surface area contributed by atoms with E-state index in [-0.39, 0.29) is 0 Å². The normalized spacial score (nSPS) is 15.5. The number of ether oxygens (including phenoxy) is 2. The maximum Gasteiger partial charge on any atom is 0.412 e. The summed E-state index contributed by atoms with van der Waals surface area (Å²) in [6, 6.07) is 5.32. The number of aliphatic imine (C=N–C) groups is 1. The molecule has 1 aromatic carbocycles. The first-order valence-corrected chi connectivity index (χ1v) is 7.07. The van der Waals surface area contributed by atoms with E-state index in [9.17, 15) is 9.59 Å². The Kier molecular flexibility index (Phi) is 4.24. The number of carbonyl (C=O) groups is 1. The van der Waals surface area contributed by atoms with Gasteiger partial charge in [0.1, 0.15) is 11.4 Å². The minimum absolute atomic E-state index is 0.473. The summed E-state index contributed by atoms with van der Waals surface area (Å²) in [4.78, 5) is 26.3. The van der Waals surface area contributed by atoms with Crippen LogP contribution in [0.15, 0.2) is 23.2 Å². The molecular weight excluding hydrogens is 284 g/mol. The number of isocyanates is 1. The Morgan fingerprint density at radius 2 is 2.05 bits per heavy atom. The van der Waals surface area contributed by atoms with Gasteiger partial charge in [0.05, 0.1) is 18.3 Å². The molecule has 0 aromatic heterocycles. The van der Waals surface area contributed by atoms with E-state index in [4.69, 9.17) is 9.47 Å². The van der Waals surface area contributed by atoms with Crippen LogP contribution in [0.4, 0.5) is 10.5 Å². The highest BCUT2D eigenvalue weighted by molar-refractivity contribution is 5.87. The number of hydrogen-bond acceptors (Lipinski definition) is 5. The molecule has 0 aliphatic heterocycles. The van der Waals surface area contributed by atoms with Gasteiger partial charge in [0.2, 0.25) is 6.08 Å². The Morgan fingerprint density at radius 3 is 2.55 bits per heavy atom. The predicted molar refractivity (Wildman–Crippen MR) is 81.9 cm³/mol. The number of carbonyl (C=O) groups excluding carboxylic acids is 2. The third-order valence-electron chi connectivity index (χ3n) is 3.36. The van der Waals surface area contributed by atoms with E-state index in [0.717, 1.165) is 18.4 Å². The summed E-state index contributed by atoms with van der Waals surface area (Å²) >= 11 is 0. The molecule has 2 rings (SSSR count). The highest BCUT2D eigenvalue weighted by Crippen LogP contribution is 2.50. The SMILES string of the molecule is COc1cc(C2(N=C=O)CC2)ccc1NC(=O)OC(C)(C)C. The molecule has 0 bridgehead atoms. The lowest BCUT2D eigenvalue weighted by Gasteiger charge is -2.20. The second-order valence-electron chi connectivity index (χ2n) is 6.28. The van der Waals surface area contributed by atoms with Crippen molar-refractivity contribution in [2.75, 3.05) is 12.4 Å². The Morgan fingerprint density at radius 1 is 1.36 bits per heavy atom. The van der Waals surface area contributed by atoms with Gasteiger partial charge in [0.15, 0.2) is 0 Å². The van der Waals surface area contributed by atoms with Crippen molar-refractivity contribution in [2.45, 2.75) is 44.8 Å². The largest absolute Gasteiger partial charge is 0.495 e. The van der Waals surface area contributed by atoms with Crippen molar-refractivity contribution in [1.29, 1.82) is 0 Å². The number of hydrogen-bond donors (Lipinski definition) is 1. The number of amides is 1. The van der Waals surface area contributed by atoms with Crippen molar-refractivity contribution in [3.63, 3.8) is 0 Å². The predicted octanol–water partition coefficient (Wildman–Crippen LogP) is 3.37. The van der Waals surface area contributed by atoms with Crippen LogP contribution in [0.2, 0.25) is 0 Å². The molecule has 1 aliphatic carbocycles. The summed E-state index contributed by atoms with van der Waals surface area (Å²) in [5, 5.41) is 2.65. The number of nitrogens with zero attached hydrogens (tertiary/aromatic N) is 1. The molecule has 118 valence electrons. The minimum Gasteiger partial charge on any atom is -0.495 e. The van der Waals surface area contributed by atoms with Gasteiger partial charge < -0.3 is 9.47 Å². The second-order valence-corrected chi connectivity index (χ2v) is 6.28. The lowest BCUT2D eigenvalue weighted by Crippen LogP contribution is -2.27. The molecule has 1 N–H and O–H groups in total. The lowest BCUT2D eigenvalue weighted by atomic mass is 10.0. The number of nitrogens with one attached hydrogen (secondary N) is 1. The highest BCUT2D eigenvalue weighted by Gasteiger charge is 2.45. The Balaban J connectivity index is 2.20. The van der Waals surface area contributed by atoms with E-state index in [1.807, 2.05) is 6.07 Å². The molecule has 1 amide bonds. The fourth-order valence-electron chi connectivity index (χ4n) is 2.17. The molecule has 0 unspecified atom stereocenters. The first kappa shape index (κ1) is 16.0. The molecule has 1 saturated carbocycles. The van der Waals surface area contributed by atoms with Gasteiger partial charge in [-0.05, 0) is 51.3 Å². The summed E-state index contributed by atoms with van der Waals surface area (Å²) in [6.45, 7) is 5.38. The molecule has 0 heterocycles. The zero-order valence-corrected chi connectivity index (χ0v) is 13.2. The highest BCUT2D eigenvalue weighted by atomic mass is 16.6. The van der Waals surface area contributed by atoms with Gasteiger partial charge in [-0.1, -0.05) is 6.07 Å². The van der Waals surface area contributed by atoms with E-state index in [1.54, 1.807) is 39.0 Å². The number of anilines is 1. The van der Waals surface area contributed by atoms with Crippen molar-refractivity contribution in [1.82, 2.24) is 0 Å². The average Bonchev–Trinajstić information content (AvgIpc) is 3.18. The minimum atomic E-state index is -0.575. The number of rotatable bonds is 4. The van der Waals surface area contributed by atoms with Crippen LogP contribution in [-0.2, 0) is 15.1 Å². The van der Waals surface area contributed by atoms with Gasteiger partial charge in [-0.25, -0.2) is 9.59 Å². The van der Waals surface area contributed by atoms with Crippen LogP contribution in [0, 0.1) is 0 Å². The fraction of sp³-hybridized carbons (Fsp3) is 0.500. The van der Waals surface area contributed by atoms with Crippen molar-refractivity contribution in [3.05, 3.63) is 23.8 Å². The summed E-state index contributed by atoms with van der Waals surface area (Å²) in [7, 11) is 1.52. The summed E-state index contributed by atoms with van der Waals surface area (Å²) in [5.74, 6) is 0.496. The molecule has 0 atom stereocenters. The maximum atomic E-state index is 11.8. The second kappa shape index (κ2) is 5.81. The van der Waals surface area contributed by atoms with Gasteiger partial charge in [-0.15, -0.1) is 0 Å². The summed E-state index contributed by atoms with van der Waals surface area (Å²) in [6.07, 6.45) is 2.69. The van der Waals surface area contributed by atoms with Crippen molar-refractivity contribution >= 4 is 17.9 Å². The monoisotopic (exact) mass is 304 g/mol. The summed E-state index contributed by atoms with van der Waals surface area (Å²) in [5.41, 5.74) is 0.335. The molecule has 0 spiro atoms. The van der Waals surface area contributed by atoms with Gasteiger partial charge in [0.25, 0.3) is 0 Å². The van der Waals surface area contributed by atoms with Gasteiger partial charge >= 0.3 is 6.09 Å². The third kappa shape index (κ3) is 3.65. The molecule has 0 radical (unpaired) electrons. The zero-order valence-electron chi connectivity index (χ0n) is 13.2. The van der Waals surface area contributed by atoms with Crippen LogP contribution in [0.5, 0.6) is 5.75 Å². The Hall–Kier alpha value is -2.33. The quantitative estimate of drug-likeness (QED) is 0.683. The first-order valence-electron chi connectivity index (χ1n) is 7.07. The van der Waals surface area contributed by atoms with Crippen LogP contribution in [-0.4, -0.2) is 24.9 Å². The molecule has 1 fully saturated rings. The van der Waals surface area contributed by atoms with E-state index in [1.165, 1.54) is 7.11 Å². The van der Waals surface area contributed by atoms with Crippen LogP contribution in [0.3, 0.4) is 0 Å². The maximum absolute atomic E-state index is 11.8. The van der Waals surface area contributed by atoms with Crippen LogP contribution >= 0.6 is 0 Å². The van der Waals surface area contributed by atoms with Gasteiger partial charge in [-0.2, -0.15) is 4.99 Å². The van der Waals surface area contributed by atoms with Crippen molar-refractivity contribution in [2.24, 2.45) is 4.99 Å². The average molecular weight is 304 g/mol. The zero-order chi connectivity index (χ0) is 16.4. The number of methoxy groups -OCH3 is 1. The Labute approximate surface area is 129 Å². The van der Waals surface area contributed by atoms with E-state index in [2.05, 4.69) is 10.3 Å². The molecule has 6 heteroatoms. The molecule has 1 aliphatic rings. The molecule has 22 heavy (non-hydrogen) atoms. The van der Waals surface area contributed by atoms with E-state index < -0.39 is 17.2 Å². The smallest absolute Gasteiger partial charge is 0.412 e. The van der Waals surface area contributed by atoms with Crippen molar-refractivity contribution in [3.8, 4) is 5.75 Å². The Bertz CT molecular complexity index is 624. The standard InChI is InChI=1S/C16H20N2O4/c1-15(2,3)22-14(20)18-12-6-5-11(9-13(12)21-4)16(7-8-16)17-10-19/h5-6,9H,7-8H2,1-4H3,(H,18,20). The van der Waals surface area contributed by atoms with Gasteiger partial charge in [0, 0.05) is 0 Å². The van der Waals surface area contributed by atoms with Gasteiger partial charge in [-0.3, -0.25) is 5.32 Å². The van der Waals surface area contributed by atoms with E-state index in [0.29, 0.717) is 11.4 Å².